The predicted octanol–water partition coefficient (Wildman–Crippen LogP) is 2.63. The molecule has 0 saturated carbocycles. The Kier molecular flexibility index (Phi) is 5.98. The van der Waals surface area contributed by atoms with Crippen molar-refractivity contribution in [3.63, 3.8) is 0 Å². The van der Waals surface area contributed by atoms with E-state index in [2.05, 4.69) is 21.1 Å². The molecule has 1 saturated heterocycles. The summed E-state index contributed by atoms with van der Waals surface area (Å²) in [7, 11) is 3.75. The van der Waals surface area contributed by atoms with Crippen LogP contribution in [0.4, 0.5) is 10.6 Å². The van der Waals surface area contributed by atoms with E-state index in [1.165, 1.54) is 6.33 Å². The molecule has 10 heteroatoms. The van der Waals surface area contributed by atoms with Gasteiger partial charge in [-0.1, -0.05) is 0 Å². The number of fused-ring (bicyclic) bond motifs is 1. The Hall–Kier alpha value is -3.19. The first-order valence-corrected chi connectivity index (χ1v) is 9.29. The highest BCUT2D eigenvalue weighted by atomic mass is 16.7. The monoisotopic (exact) mass is 400 g/mol. The van der Waals surface area contributed by atoms with Crippen molar-refractivity contribution in [2.75, 3.05) is 20.7 Å². The summed E-state index contributed by atoms with van der Waals surface area (Å²) < 4.78 is 17.8. The molecule has 1 fully saturated rings. The molecule has 0 N–H and O–H groups in total. The van der Waals surface area contributed by atoms with Crippen LogP contribution in [0.25, 0.3) is 5.52 Å². The van der Waals surface area contributed by atoms with Crippen LogP contribution in [0.3, 0.4) is 0 Å². The van der Waals surface area contributed by atoms with Crippen LogP contribution in [0.5, 0.6) is 0 Å². The van der Waals surface area contributed by atoms with Crippen LogP contribution in [0, 0.1) is 11.3 Å². The number of ether oxygens (including phenoxy) is 3. The Bertz CT molecular complexity index is 948. The first-order valence-electron chi connectivity index (χ1n) is 9.29. The Morgan fingerprint density at radius 1 is 1.55 bits per heavy atom. The van der Waals surface area contributed by atoms with Gasteiger partial charge in [0.05, 0.1) is 18.1 Å². The van der Waals surface area contributed by atoms with E-state index in [0.29, 0.717) is 18.7 Å². The van der Waals surface area contributed by atoms with E-state index in [9.17, 15) is 10.1 Å². The van der Waals surface area contributed by atoms with Crippen molar-refractivity contribution in [2.24, 2.45) is 4.99 Å². The quantitative estimate of drug-likeness (QED) is 0.413. The number of nitriles is 1. The average Bonchev–Trinajstić information content (AvgIpc) is 3.29. The fourth-order valence-electron chi connectivity index (χ4n) is 3.04. The molecule has 2 aromatic rings. The van der Waals surface area contributed by atoms with E-state index in [1.54, 1.807) is 24.7 Å². The molecule has 0 bridgehead atoms. The fourth-order valence-corrected chi connectivity index (χ4v) is 3.04. The van der Waals surface area contributed by atoms with Crippen LogP contribution in [-0.2, 0) is 14.2 Å². The van der Waals surface area contributed by atoms with Gasteiger partial charge in [0.1, 0.15) is 30.6 Å². The highest BCUT2D eigenvalue weighted by Gasteiger charge is 2.43. The Balaban J connectivity index is 1.77. The highest BCUT2D eigenvalue weighted by molar-refractivity contribution is 5.70. The van der Waals surface area contributed by atoms with E-state index in [0.717, 1.165) is 11.2 Å². The molecular weight excluding hydrogens is 376 g/mol. The lowest BCUT2D eigenvalue weighted by Crippen LogP contribution is -2.34. The van der Waals surface area contributed by atoms with E-state index < -0.39 is 11.8 Å². The largest absolute Gasteiger partial charge is 0.508 e. The molecule has 0 radical (unpaired) electrons. The van der Waals surface area contributed by atoms with Gasteiger partial charge in [-0.2, -0.15) is 10.4 Å². The zero-order valence-corrected chi connectivity index (χ0v) is 16.9. The second-order valence-electron chi connectivity index (χ2n) is 7.30. The van der Waals surface area contributed by atoms with Gasteiger partial charge in [0.25, 0.3) is 0 Å². The maximum absolute atomic E-state index is 11.7. The summed E-state index contributed by atoms with van der Waals surface area (Å²) in [5, 5.41) is 13.9. The number of aromatic nitrogens is 3. The van der Waals surface area contributed by atoms with Gasteiger partial charge in [0, 0.05) is 14.1 Å². The Morgan fingerprint density at radius 2 is 2.34 bits per heavy atom. The number of carbonyl (C=O) groups excluding carboxylic acids is 1. The summed E-state index contributed by atoms with van der Waals surface area (Å²) >= 11 is 0. The van der Waals surface area contributed by atoms with Gasteiger partial charge in [0.2, 0.25) is 0 Å². The minimum atomic E-state index is -1.22. The molecule has 1 aliphatic rings. The molecule has 0 aromatic carbocycles. The van der Waals surface area contributed by atoms with Crippen molar-refractivity contribution in [1.29, 1.82) is 5.26 Å². The first kappa shape index (κ1) is 20.5. The van der Waals surface area contributed by atoms with Gasteiger partial charge in [-0.25, -0.2) is 19.3 Å². The lowest BCUT2D eigenvalue weighted by atomic mass is 10.0. The standard InChI is InChI=1S/C19H24N6O4/c1-13(2)28-18(26)27-10-19(9-20)8-7-16(29-19)14-5-6-15-17(22-12-24(3)4)21-11-23-25(14)15/h5-6,11-13,16H,7-8,10H2,1-4H3/b22-12-. The van der Waals surface area contributed by atoms with Crippen molar-refractivity contribution in [3.05, 3.63) is 24.2 Å². The Morgan fingerprint density at radius 3 is 3.03 bits per heavy atom. The maximum atomic E-state index is 11.7. The van der Waals surface area contributed by atoms with E-state index in [4.69, 9.17) is 14.2 Å². The molecule has 29 heavy (non-hydrogen) atoms. The van der Waals surface area contributed by atoms with Crippen LogP contribution in [0.15, 0.2) is 23.5 Å². The summed E-state index contributed by atoms with van der Waals surface area (Å²) in [5.74, 6) is 0.532. The molecule has 10 nitrogen and oxygen atoms in total. The van der Waals surface area contributed by atoms with Crippen LogP contribution >= 0.6 is 0 Å². The van der Waals surface area contributed by atoms with Crippen LogP contribution in [0.2, 0.25) is 0 Å². The molecule has 0 aliphatic carbocycles. The normalized spacial score (nSPS) is 21.6. The molecule has 154 valence electrons. The van der Waals surface area contributed by atoms with Gasteiger partial charge in [-0.05, 0) is 38.8 Å². The molecule has 1 aliphatic heterocycles. The van der Waals surface area contributed by atoms with Gasteiger partial charge in [-0.3, -0.25) is 0 Å². The van der Waals surface area contributed by atoms with Crippen molar-refractivity contribution in [3.8, 4) is 6.07 Å². The van der Waals surface area contributed by atoms with Crippen molar-refractivity contribution >= 4 is 23.8 Å². The molecule has 3 heterocycles. The molecule has 2 atom stereocenters. The number of rotatable bonds is 6. The predicted molar refractivity (Wildman–Crippen MR) is 104 cm³/mol. The van der Waals surface area contributed by atoms with E-state index in [1.807, 2.05) is 31.1 Å². The van der Waals surface area contributed by atoms with Gasteiger partial charge < -0.3 is 19.1 Å². The van der Waals surface area contributed by atoms with Gasteiger partial charge in [-0.15, -0.1) is 0 Å². The Labute approximate surface area is 168 Å². The molecule has 0 amide bonds. The lowest BCUT2D eigenvalue weighted by molar-refractivity contribution is -0.0584. The number of aliphatic imine (C=N–C) groups is 1. The smallest absolute Gasteiger partial charge is 0.432 e. The average molecular weight is 400 g/mol. The molecule has 0 spiro atoms. The van der Waals surface area contributed by atoms with Crippen LogP contribution in [-0.4, -0.2) is 64.4 Å². The van der Waals surface area contributed by atoms with Crippen molar-refractivity contribution in [2.45, 2.75) is 44.5 Å². The minimum absolute atomic E-state index is 0.192. The van der Waals surface area contributed by atoms with Crippen molar-refractivity contribution < 1.29 is 19.0 Å². The molecule has 3 rings (SSSR count). The number of hydrogen-bond donors (Lipinski definition) is 0. The lowest BCUT2D eigenvalue weighted by Gasteiger charge is -2.21. The number of nitrogens with zero attached hydrogens (tertiary/aromatic N) is 6. The molecular formula is C19H24N6O4. The topological polar surface area (TPSA) is 114 Å². The van der Waals surface area contributed by atoms with Crippen molar-refractivity contribution in [1.82, 2.24) is 19.5 Å². The third-order valence-electron chi connectivity index (χ3n) is 4.34. The highest BCUT2D eigenvalue weighted by Crippen LogP contribution is 2.40. The molecule has 2 unspecified atom stereocenters. The van der Waals surface area contributed by atoms with Crippen LogP contribution in [0.1, 0.15) is 38.5 Å². The van der Waals surface area contributed by atoms with Crippen LogP contribution < -0.4 is 0 Å². The summed E-state index contributed by atoms with van der Waals surface area (Å²) in [4.78, 5) is 22.0. The van der Waals surface area contributed by atoms with E-state index in [-0.39, 0.29) is 18.8 Å². The summed E-state index contributed by atoms with van der Waals surface area (Å²) in [6.45, 7) is 3.25. The zero-order valence-electron chi connectivity index (χ0n) is 16.9. The second kappa shape index (κ2) is 8.45. The minimum Gasteiger partial charge on any atom is -0.432 e. The molecule has 2 aromatic heterocycles. The first-order chi connectivity index (χ1) is 13.8. The summed E-state index contributed by atoms with van der Waals surface area (Å²) in [5.41, 5.74) is 0.296. The number of hydrogen-bond acceptors (Lipinski definition) is 8. The third-order valence-corrected chi connectivity index (χ3v) is 4.34. The third kappa shape index (κ3) is 4.63. The SMILES string of the molecule is CC(C)OC(=O)OCC1(C#N)CCC(c2ccc3c(/N=C\N(C)C)ncnn23)O1. The van der Waals surface area contributed by atoms with Gasteiger partial charge in [0.15, 0.2) is 11.4 Å². The zero-order chi connectivity index (χ0) is 21.0. The number of carbonyl (C=O) groups is 1. The summed E-state index contributed by atoms with van der Waals surface area (Å²) in [6, 6.07) is 5.89. The second-order valence-corrected chi connectivity index (χ2v) is 7.30. The van der Waals surface area contributed by atoms with E-state index >= 15 is 0 Å². The maximum Gasteiger partial charge on any atom is 0.508 e. The fraction of sp³-hybridized carbons (Fsp3) is 0.526. The summed E-state index contributed by atoms with van der Waals surface area (Å²) in [6.07, 6.45) is 2.61. The van der Waals surface area contributed by atoms with Gasteiger partial charge >= 0.3 is 6.16 Å².